The number of ether oxygens (including phenoxy) is 3. The standard InChI is InChI=1S/C23H21N3O3/c1-27-16-11-15(12-17(13-16)28-2)18-9-10-19(29-3)20-21(14-7-5-4-6-8-14)25-23(24)26-22(18)20/h4-13H,1-3H3,(H2,24,25,26). The van der Waals surface area contributed by atoms with E-state index in [1.54, 1.807) is 21.3 Å². The van der Waals surface area contributed by atoms with Gasteiger partial charge in [0.1, 0.15) is 17.2 Å². The Kier molecular flexibility index (Phi) is 4.91. The number of aromatic nitrogens is 2. The van der Waals surface area contributed by atoms with E-state index in [1.165, 1.54) is 0 Å². The molecule has 4 aromatic rings. The predicted octanol–water partition coefficient (Wildman–Crippen LogP) is 4.57. The van der Waals surface area contributed by atoms with E-state index >= 15 is 0 Å². The van der Waals surface area contributed by atoms with Crippen molar-refractivity contribution < 1.29 is 14.2 Å². The zero-order valence-corrected chi connectivity index (χ0v) is 16.5. The van der Waals surface area contributed by atoms with E-state index in [2.05, 4.69) is 9.97 Å². The summed E-state index contributed by atoms with van der Waals surface area (Å²) in [4.78, 5) is 9.08. The van der Waals surface area contributed by atoms with E-state index in [0.717, 1.165) is 27.8 Å². The molecule has 0 atom stereocenters. The Hall–Kier alpha value is -3.80. The van der Waals surface area contributed by atoms with E-state index in [9.17, 15) is 0 Å². The van der Waals surface area contributed by atoms with E-state index in [4.69, 9.17) is 19.9 Å². The molecular formula is C23H21N3O3. The Balaban J connectivity index is 2.07. The Morgan fingerprint density at radius 1 is 0.724 bits per heavy atom. The number of hydrogen-bond donors (Lipinski definition) is 1. The second kappa shape index (κ2) is 7.67. The molecule has 146 valence electrons. The maximum Gasteiger partial charge on any atom is 0.221 e. The van der Waals surface area contributed by atoms with Gasteiger partial charge in [-0.2, -0.15) is 0 Å². The first kappa shape index (κ1) is 18.6. The smallest absolute Gasteiger partial charge is 0.221 e. The van der Waals surface area contributed by atoms with Gasteiger partial charge in [-0.3, -0.25) is 0 Å². The van der Waals surface area contributed by atoms with Gasteiger partial charge >= 0.3 is 0 Å². The summed E-state index contributed by atoms with van der Waals surface area (Å²) < 4.78 is 16.5. The molecule has 6 nitrogen and oxygen atoms in total. The zero-order chi connectivity index (χ0) is 20.4. The van der Waals surface area contributed by atoms with Crippen LogP contribution in [0.2, 0.25) is 0 Å². The van der Waals surface area contributed by atoms with Crippen LogP contribution < -0.4 is 19.9 Å². The molecule has 0 aliphatic carbocycles. The summed E-state index contributed by atoms with van der Waals surface area (Å²) in [6, 6.07) is 19.4. The first-order valence-corrected chi connectivity index (χ1v) is 9.07. The van der Waals surface area contributed by atoms with Gasteiger partial charge in [0, 0.05) is 17.2 Å². The number of rotatable bonds is 5. The van der Waals surface area contributed by atoms with E-state index in [0.29, 0.717) is 22.8 Å². The van der Waals surface area contributed by atoms with E-state index in [1.807, 2.05) is 60.7 Å². The monoisotopic (exact) mass is 387 g/mol. The molecule has 0 spiro atoms. The maximum atomic E-state index is 6.10. The second-order valence-corrected chi connectivity index (χ2v) is 6.44. The lowest BCUT2D eigenvalue weighted by atomic mass is 9.98. The summed E-state index contributed by atoms with van der Waals surface area (Å²) in [5, 5.41) is 0.798. The van der Waals surface area contributed by atoms with Gasteiger partial charge in [0.25, 0.3) is 0 Å². The van der Waals surface area contributed by atoms with Crippen molar-refractivity contribution in [2.75, 3.05) is 27.1 Å². The van der Waals surface area contributed by atoms with Crippen LogP contribution >= 0.6 is 0 Å². The highest BCUT2D eigenvalue weighted by atomic mass is 16.5. The van der Waals surface area contributed by atoms with Gasteiger partial charge in [-0.05, 0) is 29.8 Å². The fourth-order valence-electron chi connectivity index (χ4n) is 3.40. The highest BCUT2D eigenvalue weighted by Gasteiger charge is 2.18. The molecule has 0 aliphatic rings. The van der Waals surface area contributed by atoms with Crippen LogP contribution in [0.25, 0.3) is 33.3 Å². The van der Waals surface area contributed by atoms with Crippen molar-refractivity contribution in [3.05, 3.63) is 60.7 Å². The van der Waals surface area contributed by atoms with Crippen LogP contribution in [-0.4, -0.2) is 31.3 Å². The molecular weight excluding hydrogens is 366 g/mol. The summed E-state index contributed by atoms with van der Waals surface area (Å²) in [5.41, 5.74) is 10.2. The van der Waals surface area contributed by atoms with Crippen molar-refractivity contribution in [2.45, 2.75) is 0 Å². The summed E-state index contributed by atoms with van der Waals surface area (Å²) in [7, 11) is 4.88. The lowest BCUT2D eigenvalue weighted by molar-refractivity contribution is 0.394. The average Bonchev–Trinajstić information content (AvgIpc) is 2.77. The maximum absolute atomic E-state index is 6.10. The Bertz CT molecular complexity index is 1150. The van der Waals surface area contributed by atoms with Crippen LogP contribution in [0.4, 0.5) is 5.95 Å². The summed E-state index contributed by atoms with van der Waals surface area (Å²) in [5.74, 6) is 2.25. The van der Waals surface area contributed by atoms with E-state index in [-0.39, 0.29) is 5.95 Å². The molecule has 0 bridgehead atoms. The average molecular weight is 387 g/mol. The summed E-state index contributed by atoms with van der Waals surface area (Å²) >= 11 is 0. The lowest BCUT2D eigenvalue weighted by Gasteiger charge is -2.15. The van der Waals surface area contributed by atoms with E-state index < -0.39 is 0 Å². The molecule has 0 amide bonds. The Morgan fingerprint density at radius 2 is 1.41 bits per heavy atom. The first-order chi connectivity index (χ1) is 14.1. The van der Waals surface area contributed by atoms with Crippen LogP contribution in [0.3, 0.4) is 0 Å². The minimum atomic E-state index is 0.195. The third kappa shape index (κ3) is 3.40. The largest absolute Gasteiger partial charge is 0.497 e. The quantitative estimate of drug-likeness (QED) is 0.540. The molecule has 1 aromatic heterocycles. The number of benzene rings is 3. The van der Waals surface area contributed by atoms with Crippen molar-refractivity contribution in [3.8, 4) is 39.6 Å². The fraction of sp³-hybridized carbons (Fsp3) is 0.130. The molecule has 0 saturated heterocycles. The topological polar surface area (TPSA) is 79.5 Å². The van der Waals surface area contributed by atoms with Crippen molar-refractivity contribution in [2.24, 2.45) is 0 Å². The number of methoxy groups -OCH3 is 3. The molecule has 1 heterocycles. The van der Waals surface area contributed by atoms with Crippen LogP contribution in [0.15, 0.2) is 60.7 Å². The Morgan fingerprint density at radius 3 is 2.03 bits per heavy atom. The predicted molar refractivity (Wildman–Crippen MR) is 114 cm³/mol. The molecule has 4 rings (SSSR count). The molecule has 3 aromatic carbocycles. The number of fused-ring (bicyclic) bond motifs is 1. The molecule has 6 heteroatoms. The number of anilines is 1. The van der Waals surface area contributed by atoms with Crippen molar-refractivity contribution in [3.63, 3.8) is 0 Å². The third-order valence-corrected chi connectivity index (χ3v) is 4.76. The fourth-order valence-corrected chi connectivity index (χ4v) is 3.40. The van der Waals surface area contributed by atoms with Gasteiger partial charge < -0.3 is 19.9 Å². The molecule has 0 aliphatic heterocycles. The van der Waals surface area contributed by atoms with Gasteiger partial charge in [-0.1, -0.05) is 30.3 Å². The number of hydrogen-bond acceptors (Lipinski definition) is 6. The SMILES string of the molecule is COc1cc(OC)cc(-c2ccc(OC)c3c(-c4ccccc4)nc(N)nc23)c1. The highest BCUT2D eigenvalue weighted by molar-refractivity contribution is 6.05. The normalized spacial score (nSPS) is 10.7. The minimum Gasteiger partial charge on any atom is -0.497 e. The lowest BCUT2D eigenvalue weighted by Crippen LogP contribution is -2.01. The van der Waals surface area contributed by atoms with Crippen LogP contribution in [0.5, 0.6) is 17.2 Å². The number of nitrogens with zero attached hydrogens (tertiary/aromatic N) is 2. The van der Waals surface area contributed by atoms with Crippen LogP contribution in [-0.2, 0) is 0 Å². The molecule has 0 unspecified atom stereocenters. The van der Waals surface area contributed by atoms with Crippen LogP contribution in [0.1, 0.15) is 0 Å². The molecule has 29 heavy (non-hydrogen) atoms. The molecule has 0 saturated carbocycles. The van der Waals surface area contributed by atoms with Crippen molar-refractivity contribution in [1.29, 1.82) is 0 Å². The Labute approximate surface area is 168 Å². The highest BCUT2D eigenvalue weighted by Crippen LogP contribution is 2.40. The number of nitrogen functional groups attached to an aromatic ring is 1. The molecule has 2 N–H and O–H groups in total. The van der Waals surface area contributed by atoms with Crippen molar-refractivity contribution in [1.82, 2.24) is 9.97 Å². The number of nitrogens with two attached hydrogens (primary N) is 1. The zero-order valence-electron chi connectivity index (χ0n) is 16.5. The third-order valence-electron chi connectivity index (χ3n) is 4.76. The molecule has 0 fully saturated rings. The van der Waals surface area contributed by atoms with Gasteiger partial charge in [0.15, 0.2) is 0 Å². The van der Waals surface area contributed by atoms with Gasteiger partial charge in [-0.15, -0.1) is 0 Å². The van der Waals surface area contributed by atoms with Crippen LogP contribution in [0, 0.1) is 0 Å². The van der Waals surface area contributed by atoms with Crippen molar-refractivity contribution >= 4 is 16.9 Å². The van der Waals surface area contributed by atoms with Gasteiger partial charge in [-0.25, -0.2) is 9.97 Å². The second-order valence-electron chi connectivity index (χ2n) is 6.44. The first-order valence-electron chi connectivity index (χ1n) is 9.07. The van der Waals surface area contributed by atoms with Gasteiger partial charge in [0.2, 0.25) is 5.95 Å². The minimum absolute atomic E-state index is 0.195. The molecule has 0 radical (unpaired) electrons. The summed E-state index contributed by atoms with van der Waals surface area (Å²) in [6.45, 7) is 0. The van der Waals surface area contributed by atoms with Gasteiger partial charge in [0.05, 0.1) is 37.9 Å². The summed E-state index contributed by atoms with van der Waals surface area (Å²) in [6.07, 6.45) is 0.